The number of carbonyl (C=O) groups is 1. The lowest BCUT2D eigenvalue weighted by molar-refractivity contribution is -0.164. The lowest BCUT2D eigenvalue weighted by Crippen LogP contribution is -2.63. The van der Waals surface area contributed by atoms with E-state index in [-0.39, 0.29) is 10.8 Å². The Labute approximate surface area is 176 Å². The predicted molar refractivity (Wildman–Crippen MR) is 117 cm³/mol. The van der Waals surface area contributed by atoms with Gasteiger partial charge >= 0.3 is 0 Å². The second-order valence-corrected chi connectivity index (χ2v) is 11.2. The van der Waals surface area contributed by atoms with Crippen molar-refractivity contribution >= 4 is 5.91 Å². The molecule has 1 amide bonds. The fraction of sp³-hybridized carbons (Fsp3) is 0.731. The minimum absolute atomic E-state index is 0.143. The summed E-state index contributed by atoms with van der Waals surface area (Å²) >= 11 is 0. The highest BCUT2D eigenvalue weighted by atomic mass is 16.2. The molecule has 0 spiro atoms. The summed E-state index contributed by atoms with van der Waals surface area (Å²) in [5.74, 6) is 1.76. The first-order valence-electron chi connectivity index (χ1n) is 12.1. The first-order chi connectivity index (χ1) is 14.0. The molecule has 5 fully saturated rings. The van der Waals surface area contributed by atoms with Gasteiger partial charge in [-0.15, -0.1) is 0 Å². The Kier molecular flexibility index (Phi) is 4.81. The van der Waals surface area contributed by atoms with Gasteiger partial charge in [-0.3, -0.25) is 4.79 Å². The van der Waals surface area contributed by atoms with Crippen molar-refractivity contribution < 1.29 is 4.79 Å². The van der Waals surface area contributed by atoms with E-state index in [0.29, 0.717) is 29.2 Å². The maximum atomic E-state index is 13.8. The third-order valence-electron chi connectivity index (χ3n) is 9.32. The minimum atomic E-state index is -0.143. The summed E-state index contributed by atoms with van der Waals surface area (Å²) in [4.78, 5) is 13.8. The fourth-order valence-electron chi connectivity index (χ4n) is 8.28. The van der Waals surface area contributed by atoms with Gasteiger partial charge in [-0.05, 0) is 99.0 Å². The molecule has 5 saturated carbocycles. The van der Waals surface area contributed by atoms with Gasteiger partial charge in [0.1, 0.15) is 0 Å². The van der Waals surface area contributed by atoms with E-state index in [1.807, 2.05) is 0 Å². The molecule has 0 aliphatic heterocycles. The number of nitrogens with two attached hydrogens (primary N) is 1. The van der Waals surface area contributed by atoms with Gasteiger partial charge in [0.2, 0.25) is 5.91 Å². The molecule has 0 aromatic heterocycles. The van der Waals surface area contributed by atoms with E-state index in [1.54, 1.807) is 0 Å². The van der Waals surface area contributed by atoms with Crippen molar-refractivity contribution in [2.45, 2.75) is 89.0 Å². The Bertz CT molecular complexity index is 755. The monoisotopic (exact) mass is 394 g/mol. The molecule has 5 aliphatic carbocycles. The Morgan fingerprint density at radius 2 is 1.79 bits per heavy atom. The summed E-state index contributed by atoms with van der Waals surface area (Å²) in [6.45, 7) is 3.16. The van der Waals surface area contributed by atoms with E-state index in [4.69, 9.17) is 5.73 Å². The molecular formula is C26H38N2O. The maximum Gasteiger partial charge on any atom is 0.226 e. The summed E-state index contributed by atoms with van der Waals surface area (Å²) in [6, 6.07) is 11.5. The molecule has 0 heterocycles. The highest BCUT2D eigenvalue weighted by molar-refractivity contribution is 5.84. The molecule has 3 heteroatoms. The largest absolute Gasteiger partial charge is 0.353 e. The van der Waals surface area contributed by atoms with Crippen molar-refractivity contribution in [3.05, 3.63) is 35.9 Å². The van der Waals surface area contributed by atoms with E-state index in [2.05, 4.69) is 42.6 Å². The zero-order valence-corrected chi connectivity index (χ0v) is 18.1. The molecule has 0 saturated heterocycles. The van der Waals surface area contributed by atoms with Crippen LogP contribution in [-0.2, 0) is 10.2 Å². The standard InChI is InChI=1S/C26H38N2O/c1-2-24-12-20-13-25(16-24,21-6-4-3-5-7-21)18-26(14-20,17-24)23(29)28-22-10-8-19(15-27)9-11-22/h3-7,19-20,22H,2,8-18,27H2,1H3,(H,28,29)/t19-,20?,22-,24-,25-,26?/m1/s1. The summed E-state index contributed by atoms with van der Waals surface area (Å²) in [5.41, 5.74) is 7.79. The van der Waals surface area contributed by atoms with Crippen LogP contribution in [0.15, 0.2) is 30.3 Å². The first kappa shape index (κ1) is 19.6. The zero-order chi connectivity index (χ0) is 20.1. The number of amides is 1. The van der Waals surface area contributed by atoms with Gasteiger partial charge in [-0.1, -0.05) is 43.7 Å². The Morgan fingerprint density at radius 3 is 2.48 bits per heavy atom. The van der Waals surface area contributed by atoms with Gasteiger partial charge in [0.25, 0.3) is 0 Å². The highest BCUT2D eigenvalue weighted by Gasteiger charge is 2.65. The molecule has 4 bridgehead atoms. The van der Waals surface area contributed by atoms with Crippen molar-refractivity contribution in [2.24, 2.45) is 28.4 Å². The number of nitrogens with one attached hydrogen (secondary N) is 1. The van der Waals surface area contributed by atoms with Gasteiger partial charge in [-0.2, -0.15) is 0 Å². The van der Waals surface area contributed by atoms with E-state index in [0.717, 1.165) is 38.6 Å². The Balaban J connectivity index is 1.41. The summed E-state index contributed by atoms with van der Waals surface area (Å²) in [7, 11) is 0. The molecule has 6 rings (SSSR count). The lowest BCUT2D eigenvalue weighted by Gasteiger charge is -2.66. The van der Waals surface area contributed by atoms with Crippen LogP contribution in [0.25, 0.3) is 0 Å². The molecule has 29 heavy (non-hydrogen) atoms. The maximum absolute atomic E-state index is 13.8. The molecule has 2 unspecified atom stereocenters. The molecule has 158 valence electrons. The van der Waals surface area contributed by atoms with Crippen molar-refractivity contribution in [1.82, 2.24) is 5.32 Å². The topological polar surface area (TPSA) is 55.1 Å². The lowest BCUT2D eigenvalue weighted by atomic mass is 9.38. The number of hydrogen-bond donors (Lipinski definition) is 2. The van der Waals surface area contributed by atoms with Gasteiger partial charge in [-0.25, -0.2) is 0 Å². The molecule has 3 nitrogen and oxygen atoms in total. The van der Waals surface area contributed by atoms with Gasteiger partial charge in [0, 0.05) is 6.04 Å². The fourth-order valence-corrected chi connectivity index (χ4v) is 8.28. The molecule has 3 N–H and O–H groups in total. The zero-order valence-electron chi connectivity index (χ0n) is 18.1. The van der Waals surface area contributed by atoms with Crippen LogP contribution < -0.4 is 11.1 Å². The SMILES string of the molecule is CC[C@]12CC3CC(C(=O)N[C@H]4CC[C@H](CN)CC4)(C1)C[C@@](c1ccccc1)(C3)C2. The molecular weight excluding hydrogens is 356 g/mol. The van der Waals surface area contributed by atoms with Gasteiger partial charge in [0.05, 0.1) is 5.41 Å². The van der Waals surface area contributed by atoms with E-state index in [9.17, 15) is 4.79 Å². The van der Waals surface area contributed by atoms with Crippen molar-refractivity contribution in [2.75, 3.05) is 6.54 Å². The second kappa shape index (κ2) is 7.11. The van der Waals surface area contributed by atoms with Crippen LogP contribution in [0.1, 0.15) is 83.1 Å². The van der Waals surface area contributed by atoms with Crippen molar-refractivity contribution in [3.63, 3.8) is 0 Å². The second-order valence-electron chi connectivity index (χ2n) is 11.2. The first-order valence-corrected chi connectivity index (χ1v) is 12.1. The molecule has 0 radical (unpaired) electrons. The van der Waals surface area contributed by atoms with Crippen LogP contribution in [0, 0.1) is 22.7 Å². The molecule has 4 atom stereocenters. The molecule has 1 aromatic rings. The number of benzene rings is 1. The average Bonchev–Trinajstić information content (AvgIpc) is 2.74. The minimum Gasteiger partial charge on any atom is -0.353 e. The molecule has 5 aliphatic rings. The van der Waals surface area contributed by atoms with Crippen LogP contribution in [0.4, 0.5) is 0 Å². The van der Waals surface area contributed by atoms with Crippen LogP contribution in [-0.4, -0.2) is 18.5 Å². The van der Waals surface area contributed by atoms with Crippen LogP contribution in [0.5, 0.6) is 0 Å². The van der Waals surface area contributed by atoms with E-state index in [1.165, 1.54) is 44.1 Å². The summed E-state index contributed by atoms with van der Waals surface area (Å²) in [6.07, 6.45) is 13.0. The van der Waals surface area contributed by atoms with Crippen molar-refractivity contribution in [3.8, 4) is 0 Å². The summed E-state index contributed by atoms with van der Waals surface area (Å²) < 4.78 is 0. The summed E-state index contributed by atoms with van der Waals surface area (Å²) in [5, 5.41) is 3.55. The van der Waals surface area contributed by atoms with E-state index >= 15 is 0 Å². The van der Waals surface area contributed by atoms with Gasteiger partial charge in [0.15, 0.2) is 0 Å². The Hall–Kier alpha value is -1.35. The smallest absolute Gasteiger partial charge is 0.226 e. The van der Waals surface area contributed by atoms with Crippen LogP contribution in [0.3, 0.4) is 0 Å². The number of rotatable bonds is 5. The van der Waals surface area contributed by atoms with Crippen molar-refractivity contribution in [1.29, 1.82) is 0 Å². The van der Waals surface area contributed by atoms with E-state index < -0.39 is 0 Å². The normalized spacial score (nSPS) is 43.3. The van der Waals surface area contributed by atoms with Gasteiger partial charge < -0.3 is 11.1 Å². The van der Waals surface area contributed by atoms with Crippen LogP contribution in [0.2, 0.25) is 0 Å². The third-order valence-corrected chi connectivity index (χ3v) is 9.32. The third kappa shape index (κ3) is 3.24. The predicted octanol–water partition coefficient (Wildman–Crippen LogP) is 4.94. The Morgan fingerprint density at radius 1 is 1.03 bits per heavy atom. The quantitative estimate of drug-likeness (QED) is 0.743. The number of hydrogen-bond acceptors (Lipinski definition) is 2. The molecule has 1 aromatic carbocycles. The average molecular weight is 395 g/mol. The van der Waals surface area contributed by atoms with Crippen LogP contribution >= 0.6 is 0 Å². The number of carbonyl (C=O) groups excluding carboxylic acids is 1. The highest BCUT2D eigenvalue weighted by Crippen LogP contribution is 2.71.